The molecule has 1 amide bonds. The molecule has 0 saturated carbocycles. The monoisotopic (exact) mass is 327 g/mol. The molecule has 19 heavy (non-hydrogen) atoms. The summed E-state index contributed by atoms with van der Waals surface area (Å²) in [4.78, 5) is 14.4. The summed E-state index contributed by atoms with van der Waals surface area (Å²) in [5.74, 6) is 0.501. The number of amides is 1. The first-order valence-corrected chi connectivity index (χ1v) is 7.29. The lowest BCUT2D eigenvalue weighted by molar-refractivity contribution is 0.0672. The fourth-order valence-electron chi connectivity index (χ4n) is 1.83. The molecule has 0 bridgehead atoms. The van der Waals surface area contributed by atoms with E-state index in [1.54, 1.807) is 7.11 Å². The summed E-state index contributed by atoms with van der Waals surface area (Å²) in [7, 11) is 1.65. The van der Waals surface area contributed by atoms with Gasteiger partial charge in [0.2, 0.25) is 0 Å². The maximum Gasteiger partial charge on any atom is 0.253 e. The van der Waals surface area contributed by atoms with Gasteiger partial charge in [-0.25, -0.2) is 0 Å². The van der Waals surface area contributed by atoms with Gasteiger partial charge in [-0.2, -0.15) is 0 Å². The van der Waals surface area contributed by atoms with Crippen molar-refractivity contribution in [3.63, 3.8) is 0 Å². The third-order valence-electron chi connectivity index (χ3n) is 2.86. The van der Waals surface area contributed by atoms with Crippen LogP contribution in [0.1, 0.15) is 29.8 Å². The Morgan fingerprint density at radius 1 is 1.42 bits per heavy atom. The number of benzene rings is 1. The molecule has 0 N–H and O–H groups in total. The van der Waals surface area contributed by atoms with E-state index >= 15 is 0 Å². The number of carbonyl (C=O) groups is 1. The summed E-state index contributed by atoms with van der Waals surface area (Å²) in [5, 5.41) is 0. The molecule has 0 spiro atoms. The highest BCUT2D eigenvalue weighted by Gasteiger charge is 2.17. The van der Waals surface area contributed by atoms with Gasteiger partial charge in [-0.05, 0) is 30.5 Å². The fraction of sp³-hybridized carbons (Fsp3) is 0.533. The van der Waals surface area contributed by atoms with Gasteiger partial charge in [0.05, 0.1) is 6.61 Å². The molecule has 0 aliphatic heterocycles. The van der Waals surface area contributed by atoms with Crippen LogP contribution in [0.4, 0.5) is 0 Å². The standard InChI is InChI=1S/C15H22BrNO2/c1-11(2)10-17(7-8-19-4)15(18)13-6-5-12(3)14(16)9-13/h5-6,9,11H,7-8,10H2,1-4H3. The van der Waals surface area contributed by atoms with Crippen molar-refractivity contribution < 1.29 is 9.53 Å². The van der Waals surface area contributed by atoms with Gasteiger partial charge in [0.15, 0.2) is 0 Å². The molecular formula is C15H22BrNO2. The number of carbonyl (C=O) groups excluding carboxylic acids is 1. The molecule has 1 aromatic carbocycles. The van der Waals surface area contributed by atoms with E-state index in [-0.39, 0.29) is 5.91 Å². The minimum atomic E-state index is 0.0615. The van der Waals surface area contributed by atoms with Crippen molar-refractivity contribution in [2.24, 2.45) is 5.92 Å². The van der Waals surface area contributed by atoms with Crippen molar-refractivity contribution in [2.75, 3.05) is 26.8 Å². The van der Waals surface area contributed by atoms with E-state index in [0.717, 1.165) is 16.6 Å². The van der Waals surface area contributed by atoms with E-state index in [0.29, 0.717) is 24.6 Å². The Morgan fingerprint density at radius 2 is 2.11 bits per heavy atom. The average Bonchev–Trinajstić information content (AvgIpc) is 2.36. The number of rotatable bonds is 6. The van der Waals surface area contributed by atoms with Crippen molar-refractivity contribution in [3.05, 3.63) is 33.8 Å². The molecule has 1 aromatic rings. The Hall–Kier alpha value is -0.870. The first-order chi connectivity index (χ1) is 8.95. The Bertz CT molecular complexity index is 432. The van der Waals surface area contributed by atoms with Crippen molar-refractivity contribution >= 4 is 21.8 Å². The summed E-state index contributed by atoms with van der Waals surface area (Å²) in [6, 6.07) is 5.72. The molecule has 0 saturated heterocycles. The first-order valence-electron chi connectivity index (χ1n) is 6.50. The topological polar surface area (TPSA) is 29.5 Å². The van der Waals surface area contributed by atoms with Crippen LogP contribution >= 0.6 is 15.9 Å². The highest BCUT2D eigenvalue weighted by Crippen LogP contribution is 2.19. The Labute approximate surface area is 124 Å². The number of ether oxygens (including phenoxy) is 1. The van der Waals surface area contributed by atoms with E-state index in [2.05, 4.69) is 29.8 Å². The van der Waals surface area contributed by atoms with Crippen LogP contribution in [0, 0.1) is 12.8 Å². The fourth-order valence-corrected chi connectivity index (χ4v) is 2.21. The van der Waals surface area contributed by atoms with Crippen LogP contribution in [0.25, 0.3) is 0 Å². The first kappa shape index (κ1) is 16.2. The lowest BCUT2D eigenvalue weighted by atomic mass is 10.1. The smallest absolute Gasteiger partial charge is 0.253 e. The zero-order valence-corrected chi connectivity index (χ0v) is 13.7. The molecule has 4 heteroatoms. The summed E-state index contributed by atoms with van der Waals surface area (Å²) in [6.07, 6.45) is 0. The van der Waals surface area contributed by atoms with E-state index < -0.39 is 0 Å². The van der Waals surface area contributed by atoms with Crippen LogP contribution in [-0.2, 0) is 4.74 Å². The van der Waals surface area contributed by atoms with Gasteiger partial charge in [-0.3, -0.25) is 4.79 Å². The predicted molar refractivity (Wildman–Crippen MR) is 81.5 cm³/mol. The number of hydrogen-bond acceptors (Lipinski definition) is 2. The SMILES string of the molecule is COCCN(CC(C)C)C(=O)c1ccc(C)c(Br)c1. The average molecular weight is 328 g/mol. The van der Waals surface area contributed by atoms with Gasteiger partial charge in [-0.15, -0.1) is 0 Å². The maximum atomic E-state index is 12.5. The minimum Gasteiger partial charge on any atom is -0.383 e. The third kappa shape index (κ3) is 4.96. The van der Waals surface area contributed by atoms with E-state index in [9.17, 15) is 4.79 Å². The summed E-state index contributed by atoms with van der Waals surface area (Å²) in [5.41, 5.74) is 1.85. The van der Waals surface area contributed by atoms with Crippen LogP contribution in [-0.4, -0.2) is 37.6 Å². The van der Waals surface area contributed by atoms with Crippen molar-refractivity contribution in [2.45, 2.75) is 20.8 Å². The quantitative estimate of drug-likeness (QED) is 0.800. The zero-order valence-electron chi connectivity index (χ0n) is 12.1. The molecule has 0 radical (unpaired) electrons. The molecule has 0 aliphatic rings. The van der Waals surface area contributed by atoms with Crippen molar-refractivity contribution in [1.82, 2.24) is 4.90 Å². The van der Waals surface area contributed by atoms with E-state index in [1.165, 1.54) is 0 Å². The Morgan fingerprint density at radius 3 is 2.63 bits per heavy atom. The summed E-state index contributed by atoms with van der Waals surface area (Å²) in [6.45, 7) is 8.16. The molecule has 1 rings (SSSR count). The van der Waals surface area contributed by atoms with Crippen LogP contribution < -0.4 is 0 Å². The van der Waals surface area contributed by atoms with Gasteiger partial charge in [0, 0.05) is 30.2 Å². The van der Waals surface area contributed by atoms with Gasteiger partial charge in [0.25, 0.3) is 5.91 Å². The Kier molecular flexibility index (Phi) is 6.52. The second-order valence-electron chi connectivity index (χ2n) is 5.10. The van der Waals surface area contributed by atoms with Crippen LogP contribution in [0.3, 0.4) is 0 Å². The lowest BCUT2D eigenvalue weighted by Crippen LogP contribution is -2.36. The summed E-state index contributed by atoms with van der Waals surface area (Å²) >= 11 is 3.47. The molecule has 106 valence electrons. The highest BCUT2D eigenvalue weighted by molar-refractivity contribution is 9.10. The molecular weight excluding hydrogens is 306 g/mol. The molecule has 0 fully saturated rings. The normalized spacial score (nSPS) is 10.8. The number of nitrogens with zero attached hydrogens (tertiary/aromatic N) is 1. The van der Waals surface area contributed by atoms with Crippen molar-refractivity contribution in [1.29, 1.82) is 0 Å². The third-order valence-corrected chi connectivity index (χ3v) is 3.71. The van der Waals surface area contributed by atoms with Crippen LogP contribution in [0.2, 0.25) is 0 Å². The number of methoxy groups -OCH3 is 1. The van der Waals surface area contributed by atoms with Crippen LogP contribution in [0.5, 0.6) is 0 Å². The molecule has 0 aromatic heterocycles. The highest BCUT2D eigenvalue weighted by atomic mass is 79.9. The molecule has 3 nitrogen and oxygen atoms in total. The van der Waals surface area contributed by atoms with Gasteiger partial charge < -0.3 is 9.64 Å². The zero-order chi connectivity index (χ0) is 14.4. The van der Waals surface area contributed by atoms with Gasteiger partial charge >= 0.3 is 0 Å². The van der Waals surface area contributed by atoms with Gasteiger partial charge in [0.1, 0.15) is 0 Å². The number of halogens is 1. The van der Waals surface area contributed by atoms with Crippen molar-refractivity contribution in [3.8, 4) is 0 Å². The summed E-state index contributed by atoms with van der Waals surface area (Å²) < 4.78 is 6.05. The van der Waals surface area contributed by atoms with Gasteiger partial charge in [-0.1, -0.05) is 35.8 Å². The predicted octanol–water partition coefficient (Wildman–Crippen LogP) is 3.50. The number of aryl methyl sites for hydroxylation is 1. The largest absolute Gasteiger partial charge is 0.383 e. The van der Waals surface area contributed by atoms with E-state index in [4.69, 9.17) is 4.74 Å². The van der Waals surface area contributed by atoms with Crippen LogP contribution in [0.15, 0.2) is 22.7 Å². The second kappa shape index (κ2) is 7.65. The minimum absolute atomic E-state index is 0.0615. The Balaban J connectivity index is 2.87. The molecule has 0 unspecified atom stereocenters. The molecule has 0 aliphatic carbocycles. The maximum absolute atomic E-state index is 12.5. The number of hydrogen-bond donors (Lipinski definition) is 0. The second-order valence-corrected chi connectivity index (χ2v) is 5.96. The molecule has 0 heterocycles. The molecule has 0 atom stereocenters. The lowest BCUT2D eigenvalue weighted by Gasteiger charge is -2.24. The van der Waals surface area contributed by atoms with E-state index in [1.807, 2.05) is 30.0 Å².